The molecule has 2 aliphatic carbocycles. The molecule has 2 aliphatic rings. The first kappa shape index (κ1) is 24.0. The van der Waals surface area contributed by atoms with E-state index < -0.39 is 0 Å². The smallest absolute Gasteiger partial charge is 0.0414 e. The predicted molar refractivity (Wildman–Crippen MR) is 120 cm³/mol. The molecule has 0 radical (unpaired) electrons. The monoisotopic (exact) mass is 364 g/mol. The van der Waals surface area contributed by atoms with Gasteiger partial charge in [0.2, 0.25) is 0 Å². The van der Waals surface area contributed by atoms with Gasteiger partial charge in [0.1, 0.15) is 0 Å². The first-order chi connectivity index (χ1) is 12.7. The zero-order chi connectivity index (χ0) is 18.9. The Morgan fingerprint density at radius 3 is 1.38 bits per heavy atom. The molecule has 2 saturated carbocycles. The van der Waals surface area contributed by atoms with Crippen LogP contribution in [-0.4, -0.2) is 0 Å². The van der Waals surface area contributed by atoms with Crippen molar-refractivity contribution in [3.63, 3.8) is 0 Å². The van der Waals surface area contributed by atoms with Gasteiger partial charge >= 0.3 is 0 Å². The maximum absolute atomic E-state index is 2.49. The van der Waals surface area contributed by atoms with Crippen LogP contribution in [0.2, 0.25) is 0 Å². The van der Waals surface area contributed by atoms with Crippen LogP contribution in [-0.2, 0) is 0 Å². The molecule has 0 saturated heterocycles. The number of unbranched alkanes of at least 4 members (excludes halogenated alkanes) is 1. The van der Waals surface area contributed by atoms with E-state index in [0.717, 1.165) is 17.8 Å². The van der Waals surface area contributed by atoms with E-state index in [1.807, 2.05) is 0 Å². The minimum atomic E-state index is 0.979. The minimum absolute atomic E-state index is 0.979. The van der Waals surface area contributed by atoms with Crippen molar-refractivity contribution in [1.82, 2.24) is 0 Å². The zero-order valence-electron chi connectivity index (χ0n) is 18.9. The number of rotatable bonds is 3. The minimum Gasteiger partial charge on any atom is -0.0654 e. The molecule has 0 amide bonds. The van der Waals surface area contributed by atoms with Crippen molar-refractivity contribution in [2.45, 2.75) is 149 Å². The van der Waals surface area contributed by atoms with Crippen molar-refractivity contribution >= 4 is 0 Å². The molecule has 0 heterocycles. The van der Waals surface area contributed by atoms with Crippen LogP contribution in [0.5, 0.6) is 0 Å². The molecule has 0 bridgehead atoms. The van der Waals surface area contributed by atoms with Crippen LogP contribution in [0, 0.1) is 17.8 Å². The molecule has 0 N–H and O–H groups in total. The summed E-state index contributed by atoms with van der Waals surface area (Å²) in [4.78, 5) is 0. The second-order valence-electron chi connectivity index (χ2n) is 9.84. The van der Waals surface area contributed by atoms with Gasteiger partial charge in [0.05, 0.1) is 0 Å². The van der Waals surface area contributed by atoms with Gasteiger partial charge in [-0.15, -0.1) is 0 Å². The Morgan fingerprint density at radius 2 is 0.885 bits per heavy atom. The third-order valence-electron chi connectivity index (χ3n) is 6.98. The van der Waals surface area contributed by atoms with E-state index in [1.54, 1.807) is 0 Å². The van der Waals surface area contributed by atoms with E-state index >= 15 is 0 Å². The van der Waals surface area contributed by atoms with Gasteiger partial charge in [-0.05, 0) is 17.8 Å². The summed E-state index contributed by atoms with van der Waals surface area (Å²) >= 11 is 0. The van der Waals surface area contributed by atoms with Crippen LogP contribution in [0.25, 0.3) is 0 Å². The maximum atomic E-state index is 2.49. The second kappa shape index (κ2) is 17.1. The van der Waals surface area contributed by atoms with E-state index in [0.29, 0.717) is 0 Å². The first-order valence-electron chi connectivity index (χ1n) is 12.7. The summed E-state index contributed by atoms with van der Waals surface area (Å²) in [5, 5.41) is 0. The highest BCUT2D eigenvalue weighted by Gasteiger charge is 2.10. The molecular formula is C26H52. The molecule has 2 unspecified atom stereocenters. The molecule has 2 fully saturated rings. The van der Waals surface area contributed by atoms with Crippen molar-refractivity contribution in [3.05, 3.63) is 0 Å². The molecule has 2 atom stereocenters. The van der Waals surface area contributed by atoms with Gasteiger partial charge in [-0.25, -0.2) is 0 Å². The number of hydrogen-bond donors (Lipinski definition) is 0. The zero-order valence-corrected chi connectivity index (χ0v) is 18.9. The van der Waals surface area contributed by atoms with Crippen molar-refractivity contribution < 1.29 is 0 Å². The fourth-order valence-electron chi connectivity index (χ4n) is 4.94. The maximum Gasteiger partial charge on any atom is -0.0414 e. The predicted octanol–water partition coefficient (Wildman–Crippen LogP) is 9.71. The third kappa shape index (κ3) is 14.1. The average Bonchev–Trinajstić information content (AvgIpc) is 3.11. The van der Waals surface area contributed by atoms with E-state index in [9.17, 15) is 0 Å². The molecule has 0 aromatic rings. The van der Waals surface area contributed by atoms with Gasteiger partial charge in [0.25, 0.3) is 0 Å². The Kier molecular flexibility index (Phi) is 15.8. The molecule has 0 aromatic carbocycles. The molecular weight excluding hydrogens is 312 g/mol. The Hall–Kier alpha value is 0. The topological polar surface area (TPSA) is 0 Å². The van der Waals surface area contributed by atoms with E-state index in [4.69, 9.17) is 0 Å². The van der Waals surface area contributed by atoms with E-state index in [-0.39, 0.29) is 0 Å². The van der Waals surface area contributed by atoms with Crippen LogP contribution < -0.4 is 0 Å². The summed E-state index contributed by atoms with van der Waals surface area (Å²) in [6.07, 6.45) is 29.8. The molecule has 0 spiro atoms. The standard InChI is InChI=1S/C20H40.C6H12/c1-3-4-16-20-17-12-10-8-6-5-7-9-11-14-19(2)15-13-18-20;1-6-4-2-3-5-6/h19-20H,3-18H2,1-2H3;6H,2-5H2,1H3. The van der Waals surface area contributed by atoms with Gasteiger partial charge in [-0.2, -0.15) is 0 Å². The summed E-state index contributed by atoms with van der Waals surface area (Å²) in [6.45, 7) is 7.17. The average molecular weight is 365 g/mol. The van der Waals surface area contributed by atoms with Crippen molar-refractivity contribution in [3.8, 4) is 0 Å². The normalized spacial score (nSPS) is 27.8. The number of hydrogen-bond acceptors (Lipinski definition) is 0. The summed E-state index contributed by atoms with van der Waals surface area (Å²) in [5.74, 6) is 3.07. The van der Waals surface area contributed by atoms with Crippen molar-refractivity contribution in [1.29, 1.82) is 0 Å². The lowest BCUT2D eigenvalue weighted by Gasteiger charge is -2.18. The van der Waals surface area contributed by atoms with Gasteiger partial charge in [-0.1, -0.05) is 149 Å². The van der Waals surface area contributed by atoms with E-state index in [1.165, 1.54) is 128 Å². The lowest BCUT2D eigenvalue weighted by molar-refractivity contribution is 0.354. The molecule has 0 heteroatoms. The Balaban J connectivity index is 0.000000472. The van der Waals surface area contributed by atoms with Gasteiger partial charge < -0.3 is 0 Å². The molecule has 156 valence electrons. The highest BCUT2D eigenvalue weighted by molar-refractivity contribution is 4.64. The highest BCUT2D eigenvalue weighted by Crippen LogP contribution is 2.26. The molecule has 0 nitrogen and oxygen atoms in total. The lowest BCUT2D eigenvalue weighted by atomic mass is 9.88. The fourth-order valence-corrected chi connectivity index (χ4v) is 4.94. The first-order valence-corrected chi connectivity index (χ1v) is 12.7. The summed E-state index contributed by atoms with van der Waals surface area (Å²) in [5.41, 5.74) is 0. The van der Waals surface area contributed by atoms with Gasteiger partial charge in [0, 0.05) is 0 Å². The van der Waals surface area contributed by atoms with Crippen LogP contribution in [0.4, 0.5) is 0 Å². The van der Waals surface area contributed by atoms with Crippen molar-refractivity contribution in [2.75, 3.05) is 0 Å². The van der Waals surface area contributed by atoms with E-state index in [2.05, 4.69) is 20.8 Å². The van der Waals surface area contributed by atoms with Gasteiger partial charge in [0.15, 0.2) is 0 Å². The molecule has 0 aliphatic heterocycles. The largest absolute Gasteiger partial charge is 0.0654 e. The molecule has 2 rings (SSSR count). The van der Waals surface area contributed by atoms with Crippen molar-refractivity contribution in [2.24, 2.45) is 17.8 Å². The Morgan fingerprint density at radius 1 is 0.500 bits per heavy atom. The summed E-state index contributed by atoms with van der Waals surface area (Å²) in [7, 11) is 0. The van der Waals surface area contributed by atoms with Crippen LogP contribution in [0.15, 0.2) is 0 Å². The Labute approximate surface area is 167 Å². The van der Waals surface area contributed by atoms with Crippen LogP contribution >= 0.6 is 0 Å². The summed E-state index contributed by atoms with van der Waals surface area (Å²) < 4.78 is 0. The molecule has 0 aromatic heterocycles. The third-order valence-corrected chi connectivity index (χ3v) is 6.98. The quantitative estimate of drug-likeness (QED) is 0.467. The second-order valence-corrected chi connectivity index (χ2v) is 9.84. The fraction of sp³-hybridized carbons (Fsp3) is 1.00. The summed E-state index contributed by atoms with van der Waals surface area (Å²) in [6, 6.07) is 0. The lowest BCUT2D eigenvalue weighted by Crippen LogP contribution is -2.03. The SMILES string of the molecule is CC1CCCC1.CCCCC1CCCCCCCCCCC(C)CCC1. The van der Waals surface area contributed by atoms with Crippen LogP contribution in [0.1, 0.15) is 149 Å². The van der Waals surface area contributed by atoms with Gasteiger partial charge in [-0.3, -0.25) is 0 Å². The van der Waals surface area contributed by atoms with Crippen LogP contribution in [0.3, 0.4) is 0 Å². The highest BCUT2D eigenvalue weighted by atomic mass is 14.2. The molecule has 26 heavy (non-hydrogen) atoms. The Bertz CT molecular complexity index is 276.